The molecule has 0 radical (unpaired) electrons. The number of imidazole rings is 1. The molecule has 1 aliphatic heterocycles. The van der Waals surface area contributed by atoms with Crippen molar-refractivity contribution in [1.82, 2.24) is 34.8 Å². The zero-order chi connectivity index (χ0) is 20.9. The van der Waals surface area contributed by atoms with Crippen LogP contribution in [0.4, 0.5) is 11.8 Å². The lowest BCUT2D eigenvalue weighted by Gasteiger charge is -2.32. The summed E-state index contributed by atoms with van der Waals surface area (Å²) < 4.78 is 0. The number of amides is 1. The number of hydrogen-bond acceptors (Lipinski definition) is 7. The zero-order valence-electron chi connectivity index (χ0n) is 17.0. The molecule has 9 nitrogen and oxygen atoms in total. The minimum absolute atomic E-state index is 0.0228. The number of nitrogens with one attached hydrogen (secondary N) is 2. The molecular formula is C21H24N8O. The lowest BCUT2D eigenvalue weighted by Crippen LogP contribution is -2.38. The molecule has 1 amide bonds. The van der Waals surface area contributed by atoms with E-state index in [-0.39, 0.29) is 11.8 Å². The van der Waals surface area contributed by atoms with Crippen LogP contribution in [0.5, 0.6) is 0 Å². The van der Waals surface area contributed by atoms with Gasteiger partial charge in [0.2, 0.25) is 11.9 Å². The van der Waals surface area contributed by atoms with Gasteiger partial charge in [-0.05, 0) is 38.8 Å². The SMILES string of the molecule is Cc1cc(C)nc(Nc2nccnc2C2CCCN(C(=O)C=Cc3cnc[nH]3)C2)n1. The number of carbonyl (C=O) groups excluding carboxylic acids is 1. The molecule has 3 aromatic rings. The summed E-state index contributed by atoms with van der Waals surface area (Å²) in [6, 6.07) is 1.92. The van der Waals surface area contributed by atoms with Gasteiger partial charge in [-0.25, -0.2) is 19.9 Å². The lowest BCUT2D eigenvalue weighted by atomic mass is 9.94. The summed E-state index contributed by atoms with van der Waals surface area (Å²) in [7, 11) is 0. The highest BCUT2D eigenvalue weighted by Crippen LogP contribution is 2.30. The molecule has 1 unspecified atom stereocenters. The second-order valence-corrected chi connectivity index (χ2v) is 7.35. The minimum atomic E-state index is -0.0228. The maximum atomic E-state index is 12.7. The molecule has 1 fully saturated rings. The van der Waals surface area contributed by atoms with Crippen molar-refractivity contribution >= 4 is 23.7 Å². The molecule has 30 heavy (non-hydrogen) atoms. The molecule has 1 atom stereocenters. The highest BCUT2D eigenvalue weighted by atomic mass is 16.2. The van der Waals surface area contributed by atoms with Crippen LogP contribution in [0.15, 0.2) is 37.1 Å². The van der Waals surface area contributed by atoms with Crippen LogP contribution in [-0.4, -0.2) is 53.8 Å². The van der Waals surface area contributed by atoms with Crippen molar-refractivity contribution < 1.29 is 4.79 Å². The van der Waals surface area contributed by atoms with Gasteiger partial charge in [-0.1, -0.05) is 0 Å². The van der Waals surface area contributed by atoms with E-state index in [1.807, 2.05) is 24.8 Å². The average molecular weight is 404 g/mol. The predicted octanol–water partition coefficient (Wildman–Crippen LogP) is 2.77. The number of nitrogens with zero attached hydrogens (tertiary/aromatic N) is 6. The van der Waals surface area contributed by atoms with Gasteiger partial charge in [0.25, 0.3) is 0 Å². The molecule has 0 spiro atoms. The third-order valence-corrected chi connectivity index (χ3v) is 4.98. The highest BCUT2D eigenvalue weighted by Gasteiger charge is 2.27. The minimum Gasteiger partial charge on any atom is -0.345 e. The lowest BCUT2D eigenvalue weighted by molar-refractivity contribution is -0.127. The number of aryl methyl sites for hydroxylation is 2. The van der Waals surface area contributed by atoms with Gasteiger partial charge in [0, 0.05) is 48.9 Å². The van der Waals surface area contributed by atoms with Crippen LogP contribution in [0.2, 0.25) is 0 Å². The standard InChI is InChI=1S/C21H24N8O/c1-14-10-15(2)27-21(26-14)28-20-19(23-7-8-24-20)16-4-3-9-29(12-16)18(30)6-5-17-11-22-13-25-17/h5-8,10-11,13,16H,3-4,9,12H2,1-2H3,(H,22,25)(H,24,26,27,28). The molecule has 0 bridgehead atoms. The van der Waals surface area contributed by atoms with Gasteiger partial charge < -0.3 is 15.2 Å². The van der Waals surface area contributed by atoms with Gasteiger partial charge in [-0.2, -0.15) is 0 Å². The molecule has 1 aliphatic rings. The Kier molecular flexibility index (Phi) is 5.78. The van der Waals surface area contributed by atoms with E-state index in [0.717, 1.165) is 42.2 Å². The number of hydrogen-bond donors (Lipinski definition) is 2. The summed E-state index contributed by atoms with van der Waals surface area (Å²) in [5.41, 5.74) is 3.39. The quantitative estimate of drug-likeness (QED) is 0.629. The Bertz CT molecular complexity index is 1030. The number of anilines is 2. The molecular weight excluding hydrogens is 380 g/mol. The number of rotatable bonds is 5. The molecule has 0 aliphatic carbocycles. The number of aromatic amines is 1. The monoisotopic (exact) mass is 404 g/mol. The molecule has 1 saturated heterocycles. The van der Waals surface area contributed by atoms with Gasteiger partial charge in [0.15, 0.2) is 5.82 Å². The molecule has 3 aromatic heterocycles. The average Bonchev–Trinajstić information content (AvgIpc) is 3.25. The molecule has 4 rings (SSSR count). The van der Waals surface area contributed by atoms with Crippen molar-refractivity contribution in [2.75, 3.05) is 18.4 Å². The van der Waals surface area contributed by atoms with Crippen LogP contribution in [0, 0.1) is 13.8 Å². The van der Waals surface area contributed by atoms with Crippen molar-refractivity contribution in [2.45, 2.75) is 32.6 Å². The Morgan fingerprint density at radius 2 is 2.03 bits per heavy atom. The number of piperidine rings is 1. The van der Waals surface area contributed by atoms with Crippen LogP contribution in [-0.2, 0) is 4.79 Å². The van der Waals surface area contributed by atoms with E-state index >= 15 is 0 Å². The van der Waals surface area contributed by atoms with Crippen LogP contribution < -0.4 is 5.32 Å². The Hall–Kier alpha value is -3.62. The summed E-state index contributed by atoms with van der Waals surface area (Å²) in [6.07, 6.45) is 11.8. The molecule has 0 aromatic carbocycles. The first-order valence-corrected chi connectivity index (χ1v) is 9.94. The normalized spacial score (nSPS) is 16.7. The summed E-state index contributed by atoms with van der Waals surface area (Å²) >= 11 is 0. The first-order valence-electron chi connectivity index (χ1n) is 9.94. The summed E-state index contributed by atoms with van der Waals surface area (Å²) in [5.74, 6) is 1.20. The van der Waals surface area contributed by atoms with Crippen molar-refractivity contribution in [3.8, 4) is 0 Å². The number of likely N-dealkylation sites (tertiary alicyclic amines) is 1. The van der Waals surface area contributed by atoms with E-state index in [9.17, 15) is 4.79 Å². The fourth-order valence-corrected chi connectivity index (χ4v) is 3.66. The van der Waals surface area contributed by atoms with E-state index in [1.165, 1.54) is 0 Å². The molecule has 0 saturated carbocycles. The van der Waals surface area contributed by atoms with Gasteiger partial charge in [-0.15, -0.1) is 0 Å². The van der Waals surface area contributed by atoms with Crippen LogP contribution in [0.3, 0.4) is 0 Å². The third-order valence-electron chi connectivity index (χ3n) is 4.98. The molecule has 2 N–H and O–H groups in total. The van der Waals surface area contributed by atoms with Crippen molar-refractivity contribution in [2.24, 2.45) is 0 Å². The number of H-pyrrole nitrogens is 1. The maximum Gasteiger partial charge on any atom is 0.246 e. The Morgan fingerprint density at radius 3 is 2.80 bits per heavy atom. The number of carbonyl (C=O) groups is 1. The largest absolute Gasteiger partial charge is 0.345 e. The van der Waals surface area contributed by atoms with Gasteiger partial charge in [-0.3, -0.25) is 9.78 Å². The van der Waals surface area contributed by atoms with E-state index in [1.54, 1.807) is 37.1 Å². The summed E-state index contributed by atoms with van der Waals surface area (Å²) in [4.78, 5) is 39.3. The Balaban J connectivity index is 1.50. The van der Waals surface area contributed by atoms with E-state index in [4.69, 9.17) is 0 Å². The van der Waals surface area contributed by atoms with Crippen molar-refractivity contribution in [3.05, 3.63) is 59.8 Å². The molecule has 9 heteroatoms. The van der Waals surface area contributed by atoms with Gasteiger partial charge >= 0.3 is 0 Å². The van der Waals surface area contributed by atoms with E-state index in [0.29, 0.717) is 18.3 Å². The summed E-state index contributed by atoms with van der Waals surface area (Å²) in [6.45, 7) is 5.18. The van der Waals surface area contributed by atoms with Crippen LogP contribution in [0.25, 0.3) is 6.08 Å². The first-order chi connectivity index (χ1) is 14.6. The van der Waals surface area contributed by atoms with Crippen LogP contribution >= 0.6 is 0 Å². The fraction of sp³-hybridized carbons (Fsp3) is 0.333. The fourth-order valence-electron chi connectivity index (χ4n) is 3.66. The smallest absolute Gasteiger partial charge is 0.246 e. The Morgan fingerprint density at radius 1 is 1.23 bits per heavy atom. The van der Waals surface area contributed by atoms with Crippen molar-refractivity contribution in [1.29, 1.82) is 0 Å². The highest BCUT2D eigenvalue weighted by molar-refractivity contribution is 5.91. The zero-order valence-corrected chi connectivity index (χ0v) is 17.0. The molecule has 154 valence electrons. The molecule has 4 heterocycles. The first kappa shape index (κ1) is 19.7. The predicted molar refractivity (Wildman–Crippen MR) is 113 cm³/mol. The summed E-state index contributed by atoms with van der Waals surface area (Å²) in [5, 5.41) is 3.21. The van der Waals surface area contributed by atoms with Gasteiger partial charge in [0.1, 0.15) is 0 Å². The number of aromatic nitrogens is 6. The van der Waals surface area contributed by atoms with E-state index < -0.39 is 0 Å². The second-order valence-electron chi connectivity index (χ2n) is 7.35. The van der Waals surface area contributed by atoms with Crippen LogP contribution in [0.1, 0.15) is 41.5 Å². The van der Waals surface area contributed by atoms with Gasteiger partial charge in [0.05, 0.1) is 23.9 Å². The Labute approximate surface area is 174 Å². The third kappa shape index (κ3) is 4.68. The van der Waals surface area contributed by atoms with E-state index in [2.05, 4.69) is 35.2 Å². The van der Waals surface area contributed by atoms with Crippen molar-refractivity contribution in [3.63, 3.8) is 0 Å². The topological polar surface area (TPSA) is 113 Å². The second kappa shape index (κ2) is 8.81. The maximum absolute atomic E-state index is 12.7.